The standard InChI is InChI=1S/C15H20N2O2/c1-11-8-15(17(2)9-12(18)10-19-3)16-14-7-5-4-6-13(11)14/h4-8,12,18H,9-10H2,1-3H3/t12-/m1/s1. The minimum atomic E-state index is -0.511. The number of rotatable bonds is 5. The van der Waals surface area contributed by atoms with Crippen molar-refractivity contribution in [3.63, 3.8) is 0 Å². The van der Waals surface area contributed by atoms with E-state index in [9.17, 15) is 5.11 Å². The van der Waals surface area contributed by atoms with Gasteiger partial charge in [-0.3, -0.25) is 0 Å². The van der Waals surface area contributed by atoms with Gasteiger partial charge >= 0.3 is 0 Å². The lowest BCUT2D eigenvalue weighted by molar-refractivity contribution is 0.0694. The van der Waals surface area contributed by atoms with Gasteiger partial charge in [0.1, 0.15) is 5.82 Å². The van der Waals surface area contributed by atoms with E-state index in [1.54, 1.807) is 7.11 Å². The second kappa shape index (κ2) is 5.99. The van der Waals surface area contributed by atoms with Crippen LogP contribution in [-0.4, -0.2) is 43.5 Å². The van der Waals surface area contributed by atoms with E-state index in [2.05, 4.69) is 18.0 Å². The number of aliphatic hydroxyl groups excluding tert-OH is 1. The highest BCUT2D eigenvalue weighted by atomic mass is 16.5. The zero-order chi connectivity index (χ0) is 13.8. The quantitative estimate of drug-likeness (QED) is 0.893. The van der Waals surface area contributed by atoms with E-state index in [1.807, 2.05) is 36.2 Å². The van der Waals surface area contributed by atoms with E-state index in [4.69, 9.17) is 4.74 Å². The van der Waals surface area contributed by atoms with Crippen molar-refractivity contribution in [3.8, 4) is 0 Å². The first-order valence-corrected chi connectivity index (χ1v) is 6.36. The van der Waals surface area contributed by atoms with Crippen molar-refractivity contribution < 1.29 is 9.84 Å². The third-order valence-electron chi connectivity index (χ3n) is 3.14. The molecule has 2 aromatic rings. The van der Waals surface area contributed by atoms with Gasteiger partial charge in [-0.05, 0) is 24.6 Å². The van der Waals surface area contributed by atoms with Gasteiger partial charge in [-0.2, -0.15) is 0 Å². The van der Waals surface area contributed by atoms with Crippen LogP contribution in [0, 0.1) is 6.92 Å². The molecule has 0 radical (unpaired) electrons. The number of aryl methyl sites for hydroxylation is 1. The molecule has 19 heavy (non-hydrogen) atoms. The second-order valence-corrected chi connectivity index (χ2v) is 4.80. The molecule has 4 heteroatoms. The van der Waals surface area contributed by atoms with Gasteiger partial charge in [0.15, 0.2) is 0 Å². The van der Waals surface area contributed by atoms with Gasteiger partial charge in [0.05, 0.1) is 18.2 Å². The van der Waals surface area contributed by atoms with Crippen molar-refractivity contribution in [1.29, 1.82) is 0 Å². The van der Waals surface area contributed by atoms with Gasteiger partial charge < -0.3 is 14.7 Å². The molecule has 1 aromatic carbocycles. The second-order valence-electron chi connectivity index (χ2n) is 4.80. The van der Waals surface area contributed by atoms with E-state index >= 15 is 0 Å². The lowest BCUT2D eigenvalue weighted by Gasteiger charge is -2.22. The molecule has 0 unspecified atom stereocenters. The van der Waals surface area contributed by atoms with E-state index in [1.165, 1.54) is 5.56 Å². The molecule has 0 aliphatic rings. The van der Waals surface area contributed by atoms with Crippen LogP contribution in [0.5, 0.6) is 0 Å². The smallest absolute Gasteiger partial charge is 0.129 e. The molecule has 0 amide bonds. The summed E-state index contributed by atoms with van der Waals surface area (Å²) in [5, 5.41) is 10.9. The molecular weight excluding hydrogens is 240 g/mol. The summed E-state index contributed by atoms with van der Waals surface area (Å²) in [6.45, 7) is 2.91. The maximum Gasteiger partial charge on any atom is 0.129 e. The number of aromatic nitrogens is 1. The molecule has 1 aromatic heterocycles. The molecule has 0 spiro atoms. The fraction of sp³-hybridized carbons (Fsp3) is 0.400. The average Bonchev–Trinajstić information content (AvgIpc) is 2.39. The van der Waals surface area contributed by atoms with Gasteiger partial charge in [0.25, 0.3) is 0 Å². The number of likely N-dealkylation sites (N-methyl/N-ethyl adjacent to an activating group) is 1. The van der Waals surface area contributed by atoms with Crippen molar-refractivity contribution in [3.05, 3.63) is 35.9 Å². The minimum Gasteiger partial charge on any atom is -0.389 e. The Labute approximate surface area is 113 Å². The maximum atomic E-state index is 9.77. The Morgan fingerprint density at radius 3 is 2.84 bits per heavy atom. The zero-order valence-electron chi connectivity index (χ0n) is 11.6. The summed E-state index contributed by atoms with van der Waals surface area (Å²) in [6, 6.07) is 10.1. The fourth-order valence-corrected chi connectivity index (χ4v) is 2.18. The number of ether oxygens (including phenoxy) is 1. The zero-order valence-corrected chi connectivity index (χ0v) is 11.6. The first kappa shape index (κ1) is 13.8. The number of nitrogens with zero attached hydrogens (tertiary/aromatic N) is 2. The Balaban J connectivity index is 2.25. The Bertz CT molecular complexity index is 557. The third-order valence-corrected chi connectivity index (χ3v) is 3.14. The summed E-state index contributed by atoms with van der Waals surface area (Å²) in [5.74, 6) is 0.867. The molecule has 0 saturated heterocycles. The molecule has 1 heterocycles. The molecule has 0 aliphatic heterocycles. The van der Waals surface area contributed by atoms with Gasteiger partial charge in [0, 0.05) is 26.1 Å². The van der Waals surface area contributed by atoms with Gasteiger partial charge in [-0.25, -0.2) is 4.98 Å². The maximum absolute atomic E-state index is 9.77. The van der Waals surface area contributed by atoms with Crippen molar-refractivity contribution in [2.75, 3.05) is 32.2 Å². The number of pyridine rings is 1. The molecule has 0 bridgehead atoms. The SMILES string of the molecule is COC[C@H](O)CN(C)c1cc(C)c2ccccc2n1. The summed E-state index contributed by atoms with van der Waals surface area (Å²) in [6.07, 6.45) is -0.511. The van der Waals surface area contributed by atoms with E-state index in [-0.39, 0.29) is 0 Å². The number of para-hydroxylation sites is 1. The van der Waals surface area contributed by atoms with Crippen molar-refractivity contribution in [1.82, 2.24) is 4.98 Å². The van der Waals surface area contributed by atoms with E-state index in [0.717, 1.165) is 16.7 Å². The van der Waals surface area contributed by atoms with Crippen molar-refractivity contribution >= 4 is 16.7 Å². The largest absolute Gasteiger partial charge is 0.389 e. The molecular formula is C15H20N2O2. The highest BCUT2D eigenvalue weighted by Crippen LogP contribution is 2.21. The number of anilines is 1. The molecule has 0 fully saturated rings. The molecule has 0 aliphatic carbocycles. The number of hydrogen-bond acceptors (Lipinski definition) is 4. The topological polar surface area (TPSA) is 45.6 Å². The fourth-order valence-electron chi connectivity index (χ4n) is 2.18. The van der Waals surface area contributed by atoms with Crippen LogP contribution < -0.4 is 4.90 Å². The first-order chi connectivity index (χ1) is 9.11. The predicted octanol–water partition coefficient (Wildman–Crippen LogP) is 1.99. The summed E-state index contributed by atoms with van der Waals surface area (Å²) in [7, 11) is 3.51. The molecule has 0 saturated carbocycles. The van der Waals surface area contributed by atoms with Crippen LogP contribution in [0.1, 0.15) is 5.56 Å². The van der Waals surface area contributed by atoms with E-state index in [0.29, 0.717) is 13.2 Å². The van der Waals surface area contributed by atoms with Crippen LogP contribution in [0.15, 0.2) is 30.3 Å². The molecule has 1 atom stereocenters. The van der Waals surface area contributed by atoms with Crippen LogP contribution >= 0.6 is 0 Å². The van der Waals surface area contributed by atoms with Gasteiger partial charge in [-0.15, -0.1) is 0 Å². The van der Waals surface area contributed by atoms with Crippen molar-refractivity contribution in [2.45, 2.75) is 13.0 Å². The van der Waals surface area contributed by atoms with Crippen molar-refractivity contribution in [2.24, 2.45) is 0 Å². The van der Waals surface area contributed by atoms with Crippen LogP contribution in [0.3, 0.4) is 0 Å². The van der Waals surface area contributed by atoms with E-state index < -0.39 is 6.10 Å². The average molecular weight is 260 g/mol. The molecule has 4 nitrogen and oxygen atoms in total. The Hall–Kier alpha value is -1.65. The molecule has 2 rings (SSSR count). The predicted molar refractivity (Wildman–Crippen MR) is 77.6 cm³/mol. The lowest BCUT2D eigenvalue weighted by Crippen LogP contribution is -2.32. The van der Waals surface area contributed by atoms with Crippen LogP contribution in [0.2, 0.25) is 0 Å². The normalized spacial score (nSPS) is 12.6. The van der Waals surface area contributed by atoms with Gasteiger partial charge in [-0.1, -0.05) is 18.2 Å². The summed E-state index contributed by atoms with van der Waals surface area (Å²) < 4.78 is 4.94. The third kappa shape index (κ3) is 3.22. The monoisotopic (exact) mass is 260 g/mol. The number of fused-ring (bicyclic) bond motifs is 1. The summed E-state index contributed by atoms with van der Waals surface area (Å²) in [4.78, 5) is 6.57. The highest BCUT2D eigenvalue weighted by molar-refractivity contribution is 5.83. The minimum absolute atomic E-state index is 0.330. The van der Waals surface area contributed by atoms with Gasteiger partial charge in [0.2, 0.25) is 0 Å². The number of benzene rings is 1. The number of hydrogen-bond donors (Lipinski definition) is 1. The number of methoxy groups -OCH3 is 1. The summed E-state index contributed by atoms with van der Waals surface area (Å²) >= 11 is 0. The number of aliphatic hydroxyl groups is 1. The van der Waals surface area contributed by atoms with Crippen LogP contribution in [-0.2, 0) is 4.74 Å². The van der Waals surface area contributed by atoms with Crippen LogP contribution in [0.4, 0.5) is 5.82 Å². The Kier molecular flexibility index (Phi) is 4.35. The Morgan fingerprint density at radius 1 is 1.37 bits per heavy atom. The first-order valence-electron chi connectivity index (χ1n) is 6.36. The summed E-state index contributed by atoms with van der Waals surface area (Å²) in [5.41, 5.74) is 2.17. The lowest BCUT2D eigenvalue weighted by atomic mass is 10.1. The molecule has 1 N–H and O–H groups in total. The highest BCUT2D eigenvalue weighted by Gasteiger charge is 2.11. The van der Waals surface area contributed by atoms with Crippen LogP contribution in [0.25, 0.3) is 10.9 Å². The molecule has 102 valence electrons. The Morgan fingerprint density at radius 2 is 2.11 bits per heavy atom.